The van der Waals surface area contributed by atoms with Gasteiger partial charge in [0.2, 0.25) is 17.8 Å². The van der Waals surface area contributed by atoms with Crippen molar-refractivity contribution in [3.63, 3.8) is 0 Å². The van der Waals surface area contributed by atoms with E-state index in [2.05, 4.69) is 37.8 Å². The minimum Gasteiger partial charge on any atom is -0.494 e. The lowest BCUT2D eigenvalue weighted by Crippen LogP contribution is -2.32. The Bertz CT molecular complexity index is 1370. The molecule has 5 N–H and O–H groups in total. The highest BCUT2D eigenvalue weighted by atomic mass is 35.5. The van der Waals surface area contributed by atoms with Crippen LogP contribution in [0.2, 0.25) is 5.02 Å². The van der Waals surface area contributed by atoms with Crippen molar-refractivity contribution in [2.75, 3.05) is 41.0 Å². The van der Waals surface area contributed by atoms with Gasteiger partial charge in [-0.25, -0.2) is 9.78 Å². The first kappa shape index (κ1) is 28.7. The van der Waals surface area contributed by atoms with Gasteiger partial charge in [-0.1, -0.05) is 30.3 Å². The Morgan fingerprint density at radius 3 is 2.54 bits per heavy atom. The molecule has 1 aromatic heterocycles. The molecule has 0 atom stereocenters. The number of ether oxygens (including phenoxy) is 1. The second kappa shape index (κ2) is 13.6. The quantitative estimate of drug-likeness (QED) is 0.157. The number of aromatic nitrogens is 2. The van der Waals surface area contributed by atoms with E-state index in [0.717, 1.165) is 0 Å². The van der Waals surface area contributed by atoms with Crippen molar-refractivity contribution in [1.29, 1.82) is 0 Å². The molecule has 1 heterocycles. The number of hydrogen-bond acceptors (Lipinski definition) is 8. The number of anilines is 6. The minimum atomic E-state index is -1.12. The van der Waals surface area contributed by atoms with Crippen molar-refractivity contribution in [1.82, 2.24) is 15.3 Å². The van der Waals surface area contributed by atoms with Gasteiger partial charge in [0.1, 0.15) is 10.8 Å². The summed E-state index contributed by atoms with van der Waals surface area (Å²) in [5, 5.41) is 20.2. The first-order chi connectivity index (χ1) is 18.7. The van der Waals surface area contributed by atoms with E-state index in [0.29, 0.717) is 47.3 Å². The molecule has 0 aliphatic rings. The predicted octanol–water partition coefficient (Wildman–Crippen LogP) is 4.76. The van der Waals surface area contributed by atoms with Crippen molar-refractivity contribution in [3.8, 4) is 5.75 Å². The third-order valence-electron chi connectivity index (χ3n) is 5.33. The Labute approximate surface area is 230 Å². The van der Waals surface area contributed by atoms with Crippen molar-refractivity contribution >= 4 is 64.0 Å². The molecule has 12 nitrogen and oxygen atoms in total. The predicted molar refractivity (Wildman–Crippen MR) is 151 cm³/mol. The highest BCUT2D eigenvalue weighted by molar-refractivity contribution is 6.33. The molecule has 0 aliphatic heterocycles. The smallest absolute Gasteiger partial charge is 0.404 e. The number of methoxy groups -OCH3 is 1. The number of benzene rings is 2. The molecular formula is C26H28ClN7O5. The molecule has 0 unspecified atom stereocenters. The molecule has 204 valence electrons. The summed E-state index contributed by atoms with van der Waals surface area (Å²) in [6, 6.07) is 12.2. The molecule has 3 aromatic rings. The molecule has 0 saturated carbocycles. The van der Waals surface area contributed by atoms with Gasteiger partial charge in [0, 0.05) is 31.8 Å². The fraction of sp³-hybridized carbons (Fsp3) is 0.192. The Balaban J connectivity index is 1.80. The van der Waals surface area contributed by atoms with E-state index in [1.807, 2.05) is 0 Å². The second-order valence-corrected chi connectivity index (χ2v) is 8.43. The van der Waals surface area contributed by atoms with E-state index in [-0.39, 0.29) is 29.3 Å². The molecule has 13 heteroatoms. The first-order valence-corrected chi connectivity index (χ1v) is 12.1. The third kappa shape index (κ3) is 8.07. The SMILES string of the molecule is C=CC(=O)Nc1ccccc1Nc1nc(Nc2ccc(N(CCCNC(=O)O)C(C)=O)cc2OC)ncc1Cl. The number of para-hydroxylation sites is 2. The number of carboxylic acid groups (broad SMARTS) is 1. The zero-order chi connectivity index (χ0) is 28.4. The second-order valence-electron chi connectivity index (χ2n) is 8.02. The molecule has 0 fully saturated rings. The minimum absolute atomic E-state index is 0.200. The summed E-state index contributed by atoms with van der Waals surface area (Å²) >= 11 is 6.33. The number of halogens is 1. The van der Waals surface area contributed by atoms with E-state index < -0.39 is 6.09 Å². The van der Waals surface area contributed by atoms with Crippen LogP contribution in [0.3, 0.4) is 0 Å². The summed E-state index contributed by atoms with van der Waals surface area (Å²) in [7, 11) is 1.49. The molecular weight excluding hydrogens is 526 g/mol. The van der Waals surface area contributed by atoms with E-state index >= 15 is 0 Å². The van der Waals surface area contributed by atoms with Crippen LogP contribution in [0.15, 0.2) is 61.3 Å². The van der Waals surface area contributed by atoms with Crippen LogP contribution in [-0.4, -0.2) is 53.2 Å². The van der Waals surface area contributed by atoms with Crippen LogP contribution in [0.4, 0.5) is 39.3 Å². The van der Waals surface area contributed by atoms with E-state index in [9.17, 15) is 14.4 Å². The summed E-state index contributed by atoms with van der Waals surface area (Å²) in [4.78, 5) is 44.9. The average molecular weight is 554 g/mol. The Morgan fingerprint density at radius 1 is 1.13 bits per heavy atom. The standard InChI is InChI=1S/C26H28ClN7O5/c1-4-23(36)30-19-8-5-6-9-20(19)31-24-18(27)15-29-25(33-24)32-21-11-10-17(14-22(21)39-3)34(16(2)35)13-7-12-28-26(37)38/h4-6,8-11,14-15,28H,1,7,12-13H2,2-3H3,(H,30,36)(H,37,38)(H2,29,31,32,33). The van der Waals surface area contributed by atoms with Gasteiger partial charge in [0.05, 0.1) is 30.4 Å². The monoisotopic (exact) mass is 553 g/mol. The molecule has 2 aromatic carbocycles. The summed E-state index contributed by atoms with van der Waals surface area (Å²) < 4.78 is 5.52. The maximum Gasteiger partial charge on any atom is 0.404 e. The van der Waals surface area contributed by atoms with Crippen molar-refractivity contribution in [2.24, 2.45) is 0 Å². The van der Waals surface area contributed by atoms with Crippen LogP contribution < -0.4 is 30.9 Å². The van der Waals surface area contributed by atoms with Gasteiger partial charge >= 0.3 is 6.09 Å². The van der Waals surface area contributed by atoms with E-state index in [1.165, 1.54) is 31.2 Å². The van der Waals surface area contributed by atoms with Gasteiger partial charge in [0.15, 0.2) is 5.82 Å². The van der Waals surface area contributed by atoms with Crippen LogP contribution in [-0.2, 0) is 9.59 Å². The Morgan fingerprint density at radius 2 is 1.87 bits per heavy atom. The first-order valence-electron chi connectivity index (χ1n) is 11.7. The van der Waals surface area contributed by atoms with Crippen molar-refractivity contribution in [3.05, 3.63) is 66.3 Å². The molecule has 0 bridgehead atoms. The highest BCUT2D eigenvalue weighted by Crippen LogP contribution is 2.33. The maximum atomic E-state index is 12.2. The van der Waals surface area contributed by atoms with Gasteiger partial charge in [-0.2, -0.15) is 4.98 Å². The van der Waals surface area contributed by atoms with Crippen LogP contribution in [0.1, 0.15) is 13.3 Å². The van der Waals surface area contributed by atoms with Gasteiger partial charge < -0.3 is 36.0 Å². The summed E-state index contributed by atoms with van der Waals surface area (Å²) in [6.07, 6.45) is 1.91. The van der Waals surface area contributed by atoms with Crippen LogP contribution in [0, 0.1) is 0 Å². The van der Waals surface area contributed by atoms with Gasteiger partial charge in [-0.05, 0) is 36.8 Å². The molecule has 3 rings (SSSR count). The molecule has 3 amide bonds. The zero-order valence-electron chi connectivity index (χ0n) is 21.3. The van der Waals surface area contributed by atoms with Crippen LogP contribution in [0.25, 0.3) is 0 Å². The van der Waals surface area contributed by atoms with Crippen molar-refractivity contribution < 1.29 is 24.2 Å². The van der Waals surface area contributed by atoms with E-state index in [1.54, 1.807) is 42.5 Å². The largest absolute Gasteiger partial charge is 0.494 e. The molecule has 0 radical (unpaired) electrons. The number of amides is 3. The van der Waals surface area contributed by atoms with Crippen LogP contribution in [0.5, 0.6) is 5.75 Å². The average Bonchev–Trinajstić information content (AvgIpc) is 2.91. The number of carbonyl (C=O) groups is 3. The molecule has 0 spiro atoms. The highest BCUT2D eigenvalue weighted by Gasteiger charge is 2.16. The summed E-state index contributed by atoms with van der Waals surface area (Å²) in [5.74, 6) is 0.366. The number of rotatable bonds is 12. The molecule has 0 aliphatic carbocycles. The van der Waals surface area contributed by atoms with Crippen molar-refractivity contribution in [2.45, 2.75) is 13.3 Å². The summed E-state index contributed by atoms with van der Waals surface area (Å²) in [5.41, 5.74) is 2.18. The van der Waals surface area contributed by atoms with Gasteiger partial charge in [0.25, 0.3) is 0 Å². The van der Waals surface area contributed by atoms with E-state index in [4.69, 9.17) is 21.4 Å². The number of hydrogen-bond donors (Lipinski definition) is 5. The number of carbonyl (C=O) groups excluding carboxylic acids is 2. The Hall–Kier alpha value is -4.84. The van der Waals surface area contributed by atoms with Crippen LogP contribution >= 0.6 is 11.6 Å². The normalized spacial score (nSPS) is 10.2. The summed E-state index contributed by atoms with van der Waals surface area (Å²) in [6.45, 7) is 5.42. The lowest BCUT2D eigenvalue weighted by molar-refractivity contribution is -0.116. The zero-order valence-corrected chi connectivity index (χ0v) is 22.1. The van der Waals surface area contributed by atoms with Gasteiger partial charge in [-0.15, -0.1) is 0 Å². The molecule has 39 heavy (non-hydrogen) atoms. The number of nitrogens with one attached hydrogen (secondary N) is 4. The molecule has 0 saturated heterocycles. The third-order valence-corrected chi connectivity index (χ3v) is 5.60. The van der Waals surface area contributed by atoms with Gasteiger partial charge in [-0.3, -0.25) is 9.59 Å². The lowest BCUT2D eigenvalue weighted by atomic mass is 10.2. The maximum absolute atomic E-state index is 12.2. The Kier molecular flexibility index (Phi) is 10.0. The fourth-order valence-corrected chi connectivity index (χ4v) is 3.64. The number of nitrogens with zero attached hydrogens (tertiary/aromatic N) is 3. The fourth-order valence-electron chi connectivity index (χ4n) is 3.50. The lowest BCUT2D eigenvalue weighted by Gasteiger charge is -2.22. The topological polar surface area (TPSA) is 158 Å².